The predicted octanol–water partition coefficient (Wildman–Crippen LogP) is 4.21. The number of nitrogens with zero attached hydrogens (tertiary/aromatic N) is 1. The van der Waals surface area contributed by atoms with Crippen LogP contribution in [-0.4, -0.2) is 24.5 Å². The standard InChI is InChI=1S/C19H32N2/c1-4-17-6-5-9-21(10-7-17)11-8-19(20)18-13-15(2)12-16(3)14-18/h12-14,17,19H,4-11,20H2,1-3H3. The van der Waals surface area contributed by atoms with Crippen LogP contribution in [0.15, 0.2) is 18.2 Å². The summed E-state index contributed by atoms with van der Waals surface area (Å²) in [6.07, 6.45) is 6.55. The number of hydrogen-bond acceptors (Lipinski definition) is 2. The van der Waals surface area contributed by atoms with Crippen LogP contribution in [0.1, 0.15) is 61.8 Å². The van der Waals surface area contributed by atoms with Crippen LogP contribution in [0.2, 0.25) is 0 Å². The first kappa shape index (κ1) is 16.5. The summed E-state index contributed by atoms with van der Waals surface area (Å²) in [6.45, 7) is 10.3. The zero-order valence-corrected chi connectivity index (χ0v) is 14.1. The van der Waals surface area contributed by atoms with Crippen molar-refractivity contribution >= 4 is 0 Å². The lowest BCUT2D eigenvalue weighted by Crippen LogP contribution is -2.28. The Balaban J connectivity index is 1.84. The maximum absolute atomic E-state index is 6.42. The van der Waals surface area contributed by atoms with Gasteiger partial charge in [-0.05, 0) is 70.6 Å². The predicted molar refractivity (Wildman–Crippen MR) is 91.5 cm³/mol. The number of nitrogens with two attached hydrogens (primary N) is 1. The zero-order chi connectivity index (χ0) is 15.2. The molecule has 2 atom stereocenters. The molecule has 1 aromatic carbocycles. The van der Waals surface area contributed by atoms with Gasteiger partial charge in [0.25, 0.3) is 0 Å². The molecule has 1 aliphatic rings. The van der Waals surface area contributed by atoms with Crippen LogP contribution in [0.4, 0.5) is 0 Å². The second-order valence-electron chi connectivity index (χ2n) is 6.86. The lowest BCUT2D eigenvalue weighted by Gasteiger charge is -2.22. The van der Waals surface area contributed by atoms with Crippen molar-refractivity contribution in [3.8, 4) is 0 Å². The van der Waals surface area contributed by atoms with E-state index in [1.54, 1.807) is 0 Å². The average Bonchev–Trinajstić information content (AvgIpc) is 2.68. The SMILES string of the molecule is CCC1CCCN(CCC(N)c2cc(C)cc(C)c2)CC1. The van der Waals surface area contributed by atoms with Gasteiger partial charge < -0.3 is 10.6 Å². The highest BCUT2D eigenvalue weighted by atomic mass is 15.1. The molecule has 118 valence electrons. The van der Waals surface area contributed by atoms with E-state index in [0.717, 1.165) is 18.9 Å². The van der Waals surface area contributed by atoms with Crippen molar-refractivity contribution in [1.29, 1.82) is 0 Å². The highest BCUT2D eigenvalue weighted by molar-refractivity contribution is 5.30. The molecule has 0 bridgehead atoms. The van der Waals surface area contributed by atoms with Gasteiger partial charge in [-0.3, -0.25) is 0 Å². The average molecular weight is 288 g/mol. The van der Waals surface area contributed by atoms with E-state index in [9.17, 15) is 0 Å². The topological polar surface area (TPSA) is 29.3 Å². The van der Waals surface area contributed by atoms with Crippen LogP contribution in [-0.2, 0) is 0 Å². The van der Waals surface area contributed by atoms with Gasteiger partial charge in [0, 0.05) is 6.04 Å². The maximum atomic E-state index is 6.42. The minimum Gasteiger partial charge on any atom is -0.324 e. The van der Waals surface area contributed by atoms with Crippen LogP contribution in [0.25, 0.3) is 0 Å². The molecule has 2 heteroatoms. The van der Waals surface area contributed by atoms with Crippen LogP contribution < -0.4 is 5.73 Å². The fraction of sp³-hybridized carbons (Fsp3) is 0.684. The minimum absolute atomic E-state index is 0.175. The molecule has 0 saturated carbocycles. The fourth-order valence-electron chi connectivity index (χ4n) is 3.57. The molecule has 1 aliphatic heterocycles. The Hall–Kier alpha value is -0.860. The number of likely N-dealkylation sites (tertiary alicyclic amines) is 1. The fourth-order valence-corrected chi connectivity index (χ4v) is 3.57. The first-order valence-electron chi connectivity index (χ1n) is 8.64. The smallest absolute Gasteiger partial charge is 0.0307 e. The van der Waals surface area contributed by atoms with E-state index in [1.165, 1.54) is 55.5 Å². The van der Waals surface area contributed by atoms with Gasteiger partial charge in [0.2, 0.25) is 0 Å². The van der Waals surface area contributed by atoms with Gasteiger partial charge in [0.05, 0.1) is 0 Å². The molecule has 1 fully saturated rings. The third kappa shape index (κ3) is 5.12. The Morgan fingerprint density at radius 1 is 1.14 bits per heavy atom. The second kappa shape index (κ2) is 7.95. The molecule has 0 spiro atoms. The van der Waals surface area contributed by atoms with Crippen molar-refractivity contribution in [2.45, 2.75) is 58.9 Å². The number of rotatable bonds is 5. The Kier molecular flexibility index (Phi) is 6.25. The Morgan fingerprint density at radius 2 is 1.86 bits per heavy atom. The first-order chi connectivity index (χ1) is 10.1. The summed E-state index contributed by atoms with van der Waals surface area (Å²) < 4.78 is 0. The van der Waals surface area contributed by atoms with Crippen LogP contribution in [0.5, 0.6) is 0 Å². The molecule has 2 unspecified atom stereocenters. The van der Waals surface area contributed by atoms with Gasteiger partial charge in [-0.2, -0.15) is 0 Å². The lowest BCUT2D eigenvalue weighted by atomic mass is 9.98. The molecule has 1 saturated heterocycles. The summed E-state index contributed by atoms with van der Waals surface area (Å²) in [6, 6.07) is 6.88. The Bertz CT molecular complexity index is 421. The van der Waals surface area contributed by atoms with Crippen LogP contribution >= 0.6 is 0 Å². The van der Waals surface area contributed by atoms with Crippen molar-refractivity contribution < 1.29 is 0 Å². The highest BCUT2D eigenvalue weighted by Gasteiger charge is 2.16. The van der Waals surface area contributed by atoms with E-state index in [0.29, 0.717) is 0 Å². The van der Waals surface area contributed by atoms with Gasteiger partial charge in [0.15, 0.2) is 0 Å². The van der Waals surface area contributed by atoms with Gasteiger partial charge in [-0.25, -0.2) is 0 Å². The number of hydrogen-bond donors (Lipinski definition) is 1. The molecule has 0 amide bonds. The summed E-state index contributed by atoms with van der Waals surface area (Å²) in [4.78, 5) is 2.62. The van der Waals surface area contributed by atoms with Crippen molar-refractivity contribution in [3.63, 3.8) is 0 Å². The van der Waals surface area contributed by atoms with Crippen molar-refractivity contribution in [2.75, 3.05) is 19.6 Å². The molecule has 21 heavy (non-hydrogen) atoms. The summed E-state index contributed by atoms with van der Waals surface area (Å²) in [5.41, 5.74) is 10.4. The molecule has 2 rings (SSSR count). The zero-order valence-electron chi connectivity index (χ0n) is 14.1. The summed E-state index contributed by atoms with van der Waals surface area (Å²) in [5, 5.41) is 0. The van der Waals surface area contributed by atoms with E-state index in [-0.39, 0.29) is 6.04 Å². The molecule has 2 nitrogen and oxygen atoms in total. The maximum Gasteiger partial charge on any atom is 0.0307 e. The molecule has 0 aliphatic carbocycles. The molecule has 1 aromatic rings. The Labute approximate surface area is 130 Å². The normalized spacial score (nSPS) is 22.0. The molecule has 2 N–H and O–H groups in total. The van der Waals surface area contributed by atoms with Gasteiger partial charge in [-0.1, -0.05) is 42.7 Å². The van der Waals surface area contributed by atoms with Gasteiger partial charge >= 0.3 is 0 Å². The molecule has 0 aromatic heterocycles. The monoisotopic (exact) mass is 288 g/mol. The molecular weight excluding hydrogens is 256 g/mol. The van der Waals surface area contributed by atoms with Crippen LogP contribution in [0, 0.1) is 19.8 Å². The van der Waals surface area contributed by atoms with Crippen molar-refractivity contribution in [1.82, 2.24) is 4.90 Å². The minimum atomic E-state index is 0.175. The summed E-state index contributed by atoms with van der Waals surface area (Å²) in [7, 11) is 0. The first-order valence-corrected chi connectivity index (χ1v) is 8.64. The summed E-state index contributed by atoms with van der Waals surface area (Å²) >= 11 is 0. The van der Waals surface area contributed by atoms with E-state index >= 15 is 0 Å². The second-order valence-corrected chi connectivity index (χ2v) is 6.86. The van der Waals surface area contributed by atoms with Crippen molar-refractivity contribution in [3.05, 3.63) is 34.9 Å². The highest BCUT2D eigenvalue weighted by Crippen LogP contribution is 2.22. The van der Waals surface area contributed by atoms with E-state index in [2.05, 4.69) is 43.9 Å². The van der Waals surface area contributed by atoms with Gasteiger partial charge in [-0.15, -0.1) is 0 Å². The summed E-state index contributed by atoms with van der Waals surface area (Å²) in [5.74, 6) is 0.947. The van der Waals surface area contributed by atoms with E-state index < -0.39 is 0 Å². The number of aryl methyl sites for hydroxylation is 2. The number of benzene rings is 1. The third-order valence-corrected chi connectivity index (χ3v) is 4.95. The molecule has 1 heterocycles. The molecule has 0 radical (unpaired) electrons. The largest absolute Gasteiger partial charge is 0.324 e. The lowest BCUT2D eigenvalue weighted by molar-refractivity contribution is 0.269. The quantitative estimate of drug-likeness (QED) is 0.879. The molecular formula is C19H32N2. The van der Waals surface area contributed by atoms with E-state index in [1.807, 2.05) is 0 Å². The van der Waals surface area contributed by atoms with Crippen LogP contribution in [0.3, 0.4) is 0 Å². The van der Waals surface area contributed by atoms with Crippen molar-refractivity contribution in [2.24, 2.45) is 11.7 Å². The Morgan fingerprint density at radius 3 is 2.52 bits per heavy atom. The third-order valence-electron chi connectivity index (χ3n) is 4.95. The van der Waals surface area contributed by atoms with Gasteiger partial charge in [0.1, 0.15) is 0 Å². The van der Waals surface area contributed by atoms with E-state index in [4.69, 9.17) is 5.73 Å².